The summed E-state index contributed by atoms with van der Waals surface area (Å²) in [6.45, 7) is 1.79. The van der Waals surface area contributed by atoms with Crippen molar-refractivity contribution in [3.63, 3.8) is 0 Å². The lowest BCUT2D eigenvalue weighted by atomic mass is 10.2. The third-order valence-electron chi connectivity index (χ3n) is 1.71. The van der Waals surface area contributed by atoms with Gasteiger partial charge in [0.25, 0.3) is 0 Å². The molecule has 1 rings (SSSR count). The number of halogens is 2. The van der Waals surface area contributed by atoms with Crippen molar-refractivity contribution in [2.45, 2.75) is 11.8 Å². The largest absolute Gasteiger partial charge is 0.462 e. The van der Waals surface area contributed by atoms with Crippen LogP contribution < -0.4 is 0 Å². The van der Waals surface area contributed by atoms with Crippen LogP contribution in [0.25, 0.3) is 0 Å². The molecule has 0 radical (unpaired) electrons. The van der Waals surface area contributed by atoms with E-state index in [1.54, 1.807) is 6.92 Å². The zero-order valence-corrected chi connectivity index (χ0v) is 10.6. The van der Waals surface area contributed by atoms with Crippen LogP contribution in [0.15, 0.2) is 21.5 Å². The molecule has 1 aromatic rings. The number of benzene rings is 1. The number of esters is 1. The van der Waals surface area contributed by atoms with Gasteiger partial charge in [-0.1, -0.05) is 0 Å². The molecular weight excluding hydrogens is 303 g/mol. The predicted molar refractivity (Wildman–Crippen MR) is 59.1 cm³/mol. The Morgan fingerprint density at radius 2 is 2.25 bits per heavy atom. The summed E-state index contributed by atoms with van der Waals surface area (Å²) in [6, 6.07) is 1.95. The van der Waals surface area contributed by atoms with E-state index in [0.29, 0.717) is 0 Å². The quantitative estimate of drug-likeness (QED) is 0.687. The molecule has 7 heteroatoms. The van der Waals surface area contributed by atoms with Crippen LogP contribution >= 0.6 is 15.9 Å². The van der Waals surface area contributed by atoms with Crippen molar-refractivity contribution in [2.24, 2.45) is 0 Å². The second-order valence-corrected chi connectivity index (χ2v) is 4.52. The highest BCUT2D eigenvalue weighted by atomic mass is 79.9. The van der Waals surface area contributed by atoms with Crippen LogP contribution in [-0.4, -0.2) is 21.3 Å². The maximum absolute atomic E-state index is 13.2. The summed E-state index contributed by atoms with van der Waals surface area (Å²) < 4.78 is 37.7. The first-order valence-electron chi connectivity index (χ1n) is 4.24. The molecule has 1 aromatic carbocycles. The fourth-order valence-corrected chi connectivity index (χ4v) is 1.95. The Morgan fingerprint density at radius 1 is 1.62 bits per heavy atom. The molecule has 1 unspecified atom stereocenters. The highest BCUT2D eigenvalue weighted by molar-refractivity contribution is 9.10. The predicted octanol–water partition coefficient (Wildman–Crippen LogP) is 2.35. The molecule has 0 aromatic heterocycles. The van der Waals surface area contributed by atoms with E-state index < -0.39 is 27.8 Å². The summed E-state index contributed by atoms with van der Waals surface area (Å²) in [4.78, 5) is 10.9. The van der Waals surface area contributed by atoms with Crippen LogP contribution in [0.1, 0.15) is 17.3 Å². The SMILES string of the molecule is CCOC(=O)c1cc(S(=O)O)c(F)cc1Br. The molecule has 0 spiro atoms. The maximum Gasteiger partial charge on any atom is 0.339 e. The maximum atomic E-state index is 13.2. The summed E-state index contributed by atoms with van der Waals surface area (Å²) in [5.74, 6) is -1.54. The minimum absolute atomic E-state index is 0.0145. The Labute approximate surface area is 102 Å². The molecule has 0 aliphatic carbocycles. The average molecular weight is 311 g/mol. The topological polar surface area (TPSA) is 63.6 Å². The molecule has 0 heterocycles. The summed E-state index contributed by atoms with van der Waals surface area (Å²) in [5, 5.41) is 0. The first-order chi connectivity index (χ1) is 7.47. The summed E-state index contributed by atoms with van der Waals surface area (Å²) in [6.07, 6.45) is 0. The van der Waals surface area contributed by atoms with E-state index >= 15 is 0 Å². The van der Waals surface area contributed by atoms with Crippen LogP contribution in [0.4, 0.5) is 4.39 Å². The molecule has 0 saturated heterocycles. The van der Waals surface area contributed by atoms with E-state index in [-0.39, 0.29) is 16.6 Å². The summed E-state index contributed by atoms with van der Waals surface area (Å²) >= 11 is 0.496. The van der Waals surface area contributed by atoms with Crippen LogP contribution in [0.2, 0.25) is 0 Å². The number of carbonyl (C=O) groups excluding carboxylic acids is 1. The Balaban J connectivity index is 3.24. The number of hydrogen-bond donors (Lipinski definition) is 1. The highest BCUT2D eigenvalue weighted by Gasteiger charge is 2.17. The first kappa shape index (κ1) is 13.3. The van der Waals surface area contributed by atoms with Gasteiger partial charge in [0, 0.05) is 4.47 Å². The van der Waals surface area contributed by atoms with E-state index in [1.165, 1.54) is 0 Å². The molecule has 0 amide bonds. The van der Waals surface area contributed by atoms with Gasteiger partial charge in [0.05, 0.1) is 12.2 Å². The normalized spacial score (nSPS) is 12.2. The third kappa shape index (κ3) is 2.87. The fraction of sp³-hybridized carbons (Fsp3) is 0.222. The van der Waals surface area contributed by atoms with Gasteiger partial charge in [-0.15, -0.1) is 0 Å². The monoisotopic (exact) mass is 310 g/mol. The number of ether oxygens (including phenoxy) is 1. The van der Waals surface area contributed by atoms with Crippen molar-refractivity contribution in [1.82, 2.24) is 0 Å². The van der Waals surface area contributed by atoms with Crippen LogP contribution in [0.3, 0.4) is 0 Å². The van der Waals surface area contributed by atoms with Crippen LogP contribution in [-0.2, 0) is 15.8 Å². The molecule has 1 N–H and O–H groups in total. The lowest BCUT2D eigenvalue weighted by molar-refractivity contribution is 0.0525. The van der Waals surface area contributed by atoms with E-state index in [4.69, 9.17) is 9.29 Å². The first-order valence-corrected chi connectivity index (χ1v) is 6.14. The number of hydrogen-bond acceptors (Lipinski definition) is 3. The molecule has 4 nitrogen and oxygen atoms in total. The summed E-state index contributed by atoms with van der Waals surface area (Å²) in [5.41, 5.74) is 0.0145. The van der Waals surface area contributed by atoms with Gasteiger partial charge in [-0.25, -0.2) is 13.4 Å². The van der Waals surface area contributed by atoms with Gasteiger partial charge < -0.3 is 9.29 Å². The lowest BCUT2D eigenvalue weighted by Gasteiger charge is -2.06. The fourth-order valence-electron chi connectivity index (χ4n) is 1.03. The molecule has 0 fully saturated rings. The third-order valence-corrected chi connectivity index (χ3v) is 3.05. The number of carbonyl (C=O) groups is 1. The molecule has 1 atom stereocenters. The molecule has 0 saturated carbocycles. The van der Waals surface area contributed by atoms with Crippen molar-refractivity contribution in [3.8, 4) is 0 Å². The summed E-state index contributed by atoms with van der Waals surface area (Å²) in [7, 11) is 0. The Kier molecular flexibility index (Phi) is 4.57. The van der Waals surface area contributed by atoms with Crippen molar-refractivity contribution >= 4 is 33.0 Å². The van der Waals surface area contributed by atoms with Gasteiger partial charge in [-0.3, -0.25) is 0 Å². The van der Waals surface area contributed by atoms with Crippen LogP contribution in [0.5, 0.6) is 0 Å². The second kappa shape index (κ2) is 5.51. The van der Waals surface area contributed by atoms with Gasteiger partial charge in [0.2, 0.25) is 0 Å². The minimum Gasteiger partial charge on any atom is -0.462 e. The second-order valence-electron chi connectivity index (χ2n) is 2.73. The standard InChI is InChI=1S/C9H8BrFO4S/c1-2-15-9(12)5-3-8(16(13)14)7(11)4-6(5)10/h3-4H,2H2,1H3,(H,13,14). The van der Waals surface area contributed by atoms with Crippen molar-refractivity contribution < 1.29 is 22.7 Å². The van der Waals surface area contributed by atoms with Gasteiger partial charge in [0.1, 0.15) is 10.7 Å². The van der Waals surface area contributed by atoms with E-state index in [9.17, 15) is 13.4 Å². The zero-order valence-electron chi connectivity index (χ0n) is 8.20. The van der Waals surface area contributed by atoms with Gasteiger partial charge in [-0.05, 0) is 35.0 Å². The van der Waals surface area contributed by atoms with Crippen molar-refractivity contribution in [2.75, 3.05) is 6.61 Å². The average Bonchev–Trinajstić information content (AvgIpc) is 2.17. The Hall–Kier alpha value is -0.790. The minimum atomic E-state index is -2.48. The van der Waals surface area contributed by atoms with E-state index in [0.717, 1.165) is 12.1 Å². The Bertz CT molecular complexity index is 449. The van der Waals surface area contributed by atoms with Gasteiger partial charge in [-0.2, -0.15) is 0 Å². The molecule has 0 aliphatic heterocycles. The van der Waals surface area contributed by atoms with Crippen molar-refractivity contribution in [3.05, 3.63) is 28.0 Å². The number of rotatable bonds is 3. The molecular formula is C9H8BrFO4S. The van der Waals surface area contributed by atoms with Gasteiger partial charge >= 0.3 is 5.97 Å². The smallest absolute Gasteiger partial charge is 0.339 e. The molecule has 0 bridgehead atoms. The van der Waals surface area contributed by atoms with Crippen molar-refractivity contribution in [1.29, 1.82) is 0 Å². The molecule has 16 heavy (non-hydrogen) atoms. The zero-order chi connectivity index (χ0) is 12.3. The lowest BCUT2D eigenvalue weighted by Crippen LogP contribution is -2.07. The van der Waals surface area contributed by atoms with E-state index in [1.807, 2.05) is 0 Å². The highest BCUT2D eigenvalue weighted by Crippen LogP contribution is 2.23. The van der Waals surface area contributed by atoms with Crippen LogP contribution in [0, 0.1) is 5.82 Å². The van der Waals surface area contributed by atoms with E-state index in [2.05, 4.69) is 15.9 Å². The molecule has 88 valence electrons. The molecule has 0 aliphatic rings. The van der Waals surface area contributed by atoms with Gasteiger partial charge in [0.15, 0.2) is 11.1 Å². The Morgan fingerprint density at radius 3 is 2.75 bits per heavy atom.